The number of piperidine rings is 1. The summed E-state index contributed by atoms with van der Waals surface area (Å²) in [4.78, 5) is 24.6. The first kappa shape index (κ1) is 16.1. The predicted molar refractivity (Wildman–Crippen MR) is 85.6 cm³/mol. The molecule has 2 aliphatic heterocycles. The van der Waals surface area contributed by atoms with E-state index in [9.17, 15) is 4.79 Å². The third kappa shape index (κ3) is 3.79. The quantitative estimate of drug-likeness (QED) is 0.822. The van der Waals surface area contributed by atoms with Crippen LogP contribution in [0.4, 0.5) is 10.6 Å². The largest absolute Gasteiger partial charge is 0.444 e. The van der Waals surface area contributed by atoms with E-state index in [1.165, 1.54) is 4.90 Å². The zero-order chi connectivity index (χ0) is 16.2. The lowest BCUT2D eigenvalue weighted by Gasteiger charge is -2.31. The summed E-state index contributed by atoms with van der Waals surface area (Å²) in [5.41, 5.74) is 1.01. The van der Waals surface area contributed by atoms with Gasteiger partial charge in [0.25, 0.3) is 0 Å². The van der Waals surface area contributed by atoms with Crippen LogP contribution in [0.2, 0.25) is 0 Å². The number of hydrogen-bond donors (Lipinski definition) is 0. The van der Waals surface area contributed by atoms with Gasteiger partial charge in [0.05, 0.1) is 31.2 Å². The summed E-state index contributed by atoms with van der Waals surface area (Å²) >= 11 is 0. The number of aromatic nitrogens is 2. The summed E-state index contributed by atoms with van der Waals surface area (Å²) in [5, 5.41) is 0. The monoisotopic (exact) mass is 320 g/mol. The Morgan fingerprint density at radius 2 is 2.09 bits per heavy atom. The summed E-state index contributed by atoms with van der Waals surface area (Å²) in [6.45, 7) is 6.30. The Morgan fingerprint density at radius 1 is 1.30 bits per heavy atom. The van der Waals surface area contributed by atoms with Gasteiger partial charge in [0.15, 0.2) is 5.82 Å². The summed E-state index contributed by atoms with van der Waals surface area (Å²) in [7, 11) is 1.74. The first-order valence-electron chi connectivity index (χ1n) is 8.18. The molecule has 7 heteroatoms. The van der Waals surface area contributed by atoms with Gasteiger partial charge in [0.2, 0.25) is 0 Å². The maximum absolute atomic E-state index is 11.7. The zero-order valence-electron chi connectivity index (χ0n) is 13.8. The molecule has 0 aliphatic carbocycles. The average Bonchev–Trinajstić information content (AvgIpc) is 2.92. The topological polar surface area (TPSA) is 67.8 Å². The molecule has 23 heavy (non-hydrogen) atoms. The van der Waals surface area contributed by atoms with Crippen molar-refractivity contribution in [2.45, 2.75) is 31.8 Å². The fourth-order valence-corrected chi connectivity index (χ4v) is 3.15. The second-order valence-corrected chi connectivity index (χ2v) is 6.21. The molecule has 2 aliphatic rings. The number of rotatable bonds is 5. The van der Waals surface area contributed by atoms with Gasteiger partial charge in [-0.2, -0.15) is 0 Å². The lowest BCUT2D eigenvalue weighted by molar-refractivity contribution is 0.130. The molecule has 0 N–H and O–H groups in total. The Morgan fingerprint density at radius 3 is 2.65 bits per heavy atom. The Kier molecular flexibility index (Phi) is 5.07. The number of likely N-dealkylation sites (tertiary alicyclic amines) is 1. The molecular formula is C16H24N4O3. The Balaban J connectivity index is 1.57. The van der Waals surface area contributed by atoms with Gasteiger partial charge in [0, 0.05) is 19.6 Å². The standard InChI is InChI=1S/C16H24N4O3/c1-12-11-20(16(21)23-12)15-10-17-14(9-18-15)13-3-5-19(6-4-13)7-8-22-2/h9-10,12-13H,3-8,11H2,1-2H3/t12-/m1/s1. The van der Waals surface area contributed by atoms with Crippen LogP contribution in [0.5, 0.6) is 0 Å². The molecule has 3 rings (SSSR count). The van der Waals surface area contributed by atoms with Crippen molar-refractivity contribution >= 4 is 11.9 Å². The predicted octanol–water partition coefficient (Wildman–Crippen LogP) is 1.65. The minimum atomic E-state index is -0.342. The first-order valence-corrected chi connectivity index (χ1v) is 8.18. The van der Waals surface area contributed by atoms with Crippen molar-refractivity contribution in [3.05, 3.63) is 18.1 Å². The van der Waals surface area contributed by atoms with Crippen LogP contribution in [-0.4, -0.2) is 67.0 Å². The number of methoxy groups -OCH3 is 1. The van der Waals surface area contributed by atoms with Gasteiger partial charge in [0.1, 0.15) is 6.10 Å². The lowest BCUT2D eigenvalue weighted by atomic mass is 9.94. The fraction of sp³-hybridized carbons (Fsp3) is 0.688. The molecule has 3 heterocycles. The molecule has 1 atom stereocenters. The van der Waals surface area contributed by atoms with E-state index < -0.39 is 0 Å². The minimum Gasteiger partial charge on any atom is -0.444 e. The number of cyclic esters (lactones) is 1. The van der Waals surface area contributed by atoms with Gasteiger partial charge < -0.3 is 14.4 Å². The molecule has 0 radical (unpaired) electrons. The summed E-state index contributed by atoms with van der Waals surface area (Å²) in [5.74, 6) is 1.01. The van der Waals surface area contributed by atoms with E-state index in [1.807, 2.05) is 6.92 Å². The molecule has 0 unspecified atom stereocenters. The smallest absolute Gasteiger partial charge is 0.415 e. The molecule has 1 amide bonds. The summed E-state index contributed by atoms with van der Waals surface area (Å²) in [6, 6.07) is 0. The normalized spacial score (nSPS) is 23.3. The van der Waals surface area contributed by atoms with E-state index in [-0.39, 0.29) is 12.2 Å². The van der Waals surface area contributed by atoms with E-state index in [4.69, 9.17) is 9.47 Å². The van der Waals surface area contributed by atoms with Crippen molar-refractivity contribution in [2.75, 3.05) is 44.8 Å². The van der Waals surface area contributed by atoms with Gasteiger partial charge in [-0.1, -0.05) is 0 Å². The Labute approximate surface area is 136 Å². The molecule has 0 aromatic carbocycles. The van der Waals surface area contributed by atoms with Crippen LogP contribution >= 0.6 is 0 Å². The molecule has 0 bridgehead atoms. The fourth-order valence-electron chi connectivity index (χ4n) is 3.15. The van der Waals surface area contributed by atoms with Crippen molar-refractivity contribution in [2.24, 2.45) is 0 Å². The van der Waals surface area contributed by atoms with Gasteiger partial charge in [-0.05, 0) is 32.9 Å². The second-order valence-electron chi connectivity index (χ2n) is 6.21. The molecule has 2 fully saturated rings. The third-order valence-corrected chi connectivity index (χ3v) is 4.51. The van der Waals surface area contributed by atoms with Gasteiger partial charge >= 0.3 is 6.09 Å². The minimum absolute atomic E-state index is 0.0968. The van der Waals surface area contributed by atoms with Crippen molar-refractivity contribution in [3.63, 3.8) is 0 Å². The number of nitrogens with zero attached hydrogens (tertiary/aromatic N) is 4. The maximum Gasteiger partial charge on any atom is 0.415 e. The average molecular weight is 320 g/mol. The molecule has 2 saturated heterocycles. The van der Waals surface area contributed by atoms with Crippen LogP contribution in [-0.2, 0) is 9.47 Å². The van der Waals surface area contributed by atoms with Crippen LogP contribution in [0.3, 0.4) is 0 Å². The molecule has 1 aromatic heterocycles. The zero-order valence-corrected chi connectivity index (χ0v) is 13.8. The number of anilines is 1. The van der Waals surface area contributed by atoms with Crippen molar-refractivity contribution in [1.82, 2.24) is 14.9 Å². The molecule has 1 aromatic rings. The SMILES string of the molecule is COCCN1CCC(c2cnc(N3C[C@@H](C)OC3=O)cn2)CC1. The highest BCUT2D eigenvalue weighted by Crippen LogP contribution is 2.27. The van der Waals surface area contributed by atoms with Crippen molar-refractivity contribution in [3.8, 4) is 0 Å². The molecule has 7 nitrogen and oxygen atoms in total. The number of carbonyl (C=O) groups excluding carboxylic acids is 1. The second kappa shape index (κ2) is 7.23. The molecular weight excluding hydrogens is 296 g/mol. The number of hydrogen-bond acceptors (Lipinski definition) is 6. The van der Waals surface area contributed by atoms with E-state index in [2.05, 4.69) is 14.9 Å². The molecule has 0 saturated carbocycles. The number of carbonyl (C=O) groups is 1. The summed E-state index contributed by atoms with van der Waals surface area (Å²) < 4.78 is 10.2. The molecule has 126 valence electrons. The van der Waals surface area contributed by atoms with E-state index in [0.29, 0.717) is 18.3 Å². The van der Waals surface area contributed by atoms with E-state index in [0.717, 1.165) is 44.8 Å². The number of amides is 1. The van der Waals surface area contributed by atoms with Crippen molar-refractivity contribution in [1.29, 1.82) is 0 Å². The highest BCUT2D eigenvalue weighted by molar-refractivity contribution is 5.88. The van der Waals surface area contributed by atoms with Gasteiger partial charge in [-0.3, -0.25) is 9.88 Å². The number of ether oxygens (including phenoxy) is 2. The third-order valence-electron chi connectivity index (χ3n) is 4.51. The lowest BCUT2D eigenvalue weighted by Crippen LogP contribution is -2.35. The van der Waals surface area contributed by atoms with Gasteiger partial charge in [-0.15, -0.1) is 0 Å². The van der Waals surface area contributed by atoms with E-state index in [1.54, 1.807) is 19.5 Å². The Hall–Kier alpha value is -1.73. The highest BCUT2D eigenvalue weighted by atomic mass is 16.6. The van der Waals surface area contributed by atoms with Crippen LogP contribution in [0.1, 0.15) is 31.4 Å². The van der Waals surface area contributed by atoms with Crippen molar-refractivity contribution < 1.29 is 14.3 Å². The van der Waals surface area contributed by atoms with E-state index >= 15 is 0 Å². The molecule has 0 spiro atoms. The Bertz CT molecular complexity index is 529. The summed E-state index contributed by atoms with van der Waals surface area (Å²) in [6.07, 6.45) is 5.22. The van der Waals surface area contributed by atoms with Crippen LogP contribution < -0.4 is 4.90 Å². The van der Waals surface area contributed by atoms with Gasteiger partial charge in [-0.25, -0.2) is 9.78 Å². The van der Waals surface area contributed by atoms with Crippen LogP contribution in [0.15, 0.2) is 12.4 Å². The first-order chi connectivity index (χ1) is 11.2. The van der Waals surface area contributed by atoms with Crippen LogP contribution in [0, 0.1) is 0 Å². The van der Waals surface area contributed by atoms with Crippen LogP contribution in [0.25, 0.3) is 0 Å². The highest BCUT2D eigenvalue weighted by Gasteiger charge is 2.30. The maximum atomic E-state index is 11.7.